The Labute approximate surface area is 93.8 Å². The van der Waals surface area contributed by atoms with Crippen LogP contribution in [0.15, 0.2) is 18.2 Å². The molecule has 0 fully saturated rings. The molecule has 0 aliphatic heterocycles. The van der Waals surface area contributed by atoms with Crippen LogP contribution in [0.5, 0.6) is 5.75 Å². The van der Waals surface area contributed by atoms with Gasteiger partial charge in [-0.1, -0.05) is 6.07 Å². The van der Waals surface area contributed by atoms with Crippen molar-refractivity contribution in [2.45, 2.75) is 13.0 Å². The summed E-state index contributed by atoms with van der Waals surface area (Å²) in [4.78, 5) is 11.5. The number of nitrogens with two attached hydrogens (primary N) is 1. The SMILES string of the molecule is COC(=O)c1c(N)cccc1OCC(C)O. The van der Waals surface area contributed by atoms with Crippen molar-refractivity contribution in [3.63, 3.8) is 0 Å². The van der Waals surface area contributed by atoms with Gasteiger partial charge in [0.2, 0.25) is 0 Å². The molecular formula is C11H15NO4. The number of carbonyl (C=O) groups is 1. The predicted molar refractivity (Wildman–Crippen MR) is 59.4 cm³/mol. The number of aliphatic hydroxyl groups excluding tert-OH is 1. The molecule has 0 spiro atoms. The van der Waals surface area contributed by atoms with E-state index in [4.69, 9.17) is 15.6 Å². The average Bonchev–Trinajstić information content (AvgIpc) is 2.25. The third-order valence-corrected chi connectivity index (χ3v) is 1.93. The molecule has 1 unspecified atom stereocenters. The summed E-state index contributed by atoms with van der Waals surface area (Å²) in [6.45, 7) is 1.68. The summed E-state index contributed by atoms with van der Waals surface area (Å²) in [5, 5.41) is 9.10. The first-order chi connectivity index (χ1) is 7.56. The van der Waals surface area contributed by atoms with Crippen LogP contribution in [0.1, 0.15) is 17.3 Å². The largest absolute Gasteiger partial charge is 0.490 e. The highest BCUT2D eigenvalue weighted by atomic mass is 16.5. The van der Waals surface area contributed by atoms with Gasteiger partial charge in [0, 0.05) is 5.69 Å². The molecule has 1 aromatic rings. The zero-order chi connectivity index (χ0) is 12.1. The van der Waals surface area contributed by atoms with Crippen LogP contribution >= 0.6 is 0 Å². The van der Waals surface area contributed by atoms with Crippen molar-refractivity contribution >= 4 is 11.7 Å². The first-order valence-electron chi connectivity index (χ1n) is 4.84. The fraction of sp³-hybridized carbons (Fsp3) is 0.364. The Morgan fingerprint density at radius 1 is 1.56 bits per heavy atom. The highest BCUT2D eigenvalue weighted by Gasteiger charge is 2.16. The van der Waals surface area contributed by atoms with E-state index in [1.165, 1.54) is 7.11 Å². The third kappa shape index (κ3) is 2.87. The Bertz CT molecular complexity index is 376. The number of rotatable bonds is 4. The summed E-state index contributed by atoms with van der Waals surface area (Å²) >= 11 is 0. The van der Waals surface area contributed by atoms with Gasteiger partial charge < -0.3 is 20.3 Å². The van der Waals surface area contributed by atoms with Crippen LogP contribution in [0.3, 0.4) is 0 Å². The summed E-state index contributed by atoms with van der Waals surface area (Å²) in [5.74, 6) is -0.244. The van der Waals surface area contributed by atoms with Gasteiger partial charge in [0.05, 0.1) is 13.2 Å². The number of benzene rings is 1. The summed E-state index contributed by atoms with van der Waals surface area (Å²) in [7, 11) is 1.27. The normalized spacial score (nSPS) is 11.9. The van der Waals surface area contributed by atoms with Gasteiger partial charge in [-0.2, -0.15) is 0 Å². The van der Waals surface area contributed by atoms with Crippen LogP contribution in [0.25, 0.3) is 0 Å². The molecule has 0 aromatic heterocycles. The van der Waals surface area contributed by atoms with E-state index >= 15 is 0 Å². The van der Waals surface area contributed by atoms with E-state index in [-0.39, 0.29) is 17.9 Å². The second-order valence-corrected chi connectivity index (χ2v) is 3.37. The van der Waals surface area contributed by atoms with Gasteiger partial charge in [-0.05, 0) is 19.1 Å². The monoisotopic (exact) mass is 225 g/mol. The molecule has 0 radical (unpaired) electrons. The van der Waals surface area contributed by atoms with E-state index in [0.717, 1.165) is 0 Å². The molecule has 0 heterocycles. The molecular weight excluding hydrogens is 210 g/mol. The zero-order valence-corrected chi connectivity index (χ0v) is 9.27. The lowest BCUT2D eigenvalue weighted by Crippen LogP contribution is -2.15. The maximum atomic E-state index is 11.5. The Balaban J connectivity index is 2.98. The highest BCUT2D eigenvalue weighted by molar-refractivity contribution is 5.98. The average molecular weight is 225 g/mol. The second kappa shape index (κ2) is 5.37. The van der Waals surface area contributed by atoms with E-state index < -0.39 is 12.1 Å². The van der Waals surface area contributed by atoms with Gasteiger partial charge in [-0.3, -0.25) is 0 Å². The van der Waals surface area contributed by atoms with Crippen LogP contribution in [0, 0.1) is 0 Å². The van der Waals surface area contributed by atoms with E-state index in [1.54, 1.807) is 25.1 Å². The van der Waals surface area contributed by atoms with Crippen molar-refractivity contribution in [3.8, 4) is 5.75 Å². The summed E-state index contributed by atoms with van der Waals surface area (Å²) in [5.41, 5.74) is 6.13. The molecule has 1 rings (SSSR count). The quantitative estimate of drug-likeness (QED) is 0.585. The number of aliphatic hydroxyl groups is 1. The van der Waals surface area contributed by atoms with Crippen LogP contribution in [-0.2, 0) is 4.74 Å². The number of ether oxygens (including phenoxy) is 2. The van der Waals surface area contributed by atoms with E-state index in [2.05, 4.69) is 4.74 Å². The van der Waals surface area contributed by atoms with E-state index in [0.29, 0.717) is 5.75 Å². The molecule has 1 aromatic carbocycles. The van der Waals surface area contributed by atoms with Crippen LogP contribution in [0.4, 0.5) is 5.69 Å². The smallest absolute Gasteiger partial charge is 0.343 e. The van der Waals surface area contributed by atoms with Gasteiger partial charge in [-0.15, -0.1) is 0 Å². The number of esters is 1. The van der Waals surface area contributed by atoms with Crippen molar-refractivity contribution in [2.75, 3.05) is 19.5 Å². The lowest BCUT2D eigenvalue weighted by Gasteiger charge is -2.12. The summed E-state index contributed by atoms with van der Waals surface area (Å²) in [6.07, 6.45) is -0.619. The lowest BCUT2D eigenvalue weighted by molar-refractivity contribution is 0.0592. The molecule has 3 N–H and O–H groups in total. The lowest BCUT2D eigenvalue weighted by atomic mass is 10.1. The zero-order valence-electron chi connectivity index (χ0n) is 9.27. The molecule has 1 atom stereocenters. The standard InChI is InChI=1S/C11H15NO4/c1-7(13)6-16-9-5-3-4-8(12)10(9)11(14)15-2/h3-5,7,13H,6,12H2,1-2H3. The highest BCUT2D eigenvalue weighted by Crippen LogP contribution is 2.25. The van der Waals surface area contributed by atoms with Crippen molar-refractivity contribution in [1.82, 2.24) is 0 Å². The maximum absolute atomic E-state index is 11.5. The Kier molecular flexibility index (Phi) is 4.13. The molecule has 88 valence electrons. The number of hydrogen-bond donors (Lipinski definition) is 2. The first kappa shape index (κ1) is 12.3. The molecule has 0 amide bonds. The Morgan fingerprint density at radius 3 is 2.81 bits per heavy atom. The summed E-state index contributed by atoms with van der Waals surface area (Å²) in [6, 6.07) is 4.85. The topological polar surface area (TPSA) is 81.8 Å². The molecule has 0 saturated heterocycles. The summed E-state index contributed by atoms with van der Waals surface area (Å²) < 4.78 is 9.87. The maximum Gasteiger partial charge on any atom is 0.343 e. The molecule has 16 heavy (non-hydrogen) atoms. The Morgan fingerprint density at radius 2 is 2.25 bits per heavy atom. The van der Waals surface area contributed by atoms with E-state index in [1.807, 2.05) is 0 Å². The minimum absolute atomic E-state index is 0.0907. The van der Waals surface area contributed by atoms with Gasteiger partial charge in [0.25, 0.3) is 0 Å². The Hall–Kier alpha value is -1.75. The number of hydrogen-bond acceptors (Lipinski definition) is 5. The molecule has 0 aliphatic rings. The molecule has 0 saturated carbocycles. The minimum atomic E-state index is -0.619. The van der Waals surface area contributed by atoms with Crippen LogP contribution in [-0.4, -0.2) is 30.9 Å². The molecule has 5 heteroatoms. The van der Waals surface area contributed by atoms with Crippen molar-refractivity contribution < 1.29 is 19.4 Å². The fourth-order valence-electron chi connectivity index (χ4n) is 1.20. The second-order valence-electron chi connectivity index (χ2n) is 3.37. The van der Waals surface area contributed by atoms with Gasteiger partial charge in [0.15, 0.2) is 0 Å². The van der Waals surface area contributed by atoms with Crippen molar-refractivity contribution in [1.29, 1.82) is 0 Å². The number of carbonyl (C=O) groups excluding carboxylic acids is 1. The molecule has 5 nitrogen and oxygen atoms in total. The van der Waals surface area contributed by atoms with Gasteiger partial charge in [0.1, 0.15) is 17.9 Å². The van der Waals surface area contributed by atoms with Crippen LogP contribution in [0.2, 0.25) is 0 Å². The first-order valence-corrected chi connectivity index (χ1v) is 4.84. The third-order valence-electron chi connectivity index (χ3n) is 1.93. The molecule has 0 bridgehead atoms. The number of methoxy groups -OCH3 is 1. The van der Waals surface area contributed by atoms with Crippen LogP contribution < -0.4 is 10.5 Å². The van der Waals surface area contributed by atoms with Gasteiger partial charge in [-0.25, -0.2) is 4.79 Å². The fourth-order valence-corrected chi connectivity index (χ4v) is 1.20. The minimum Gasteiger partial charge on any atom is -0.490 e. The van der Waals surface area contributed by atoms with Gasteiger partial charge >= 0.3 is 5.97 Å². The number of anilines is 1. The van der Waals surface area contributed by atoms with Crippen molar-refractivity contribution in [2.24, 2.45) is 0 Å². The number of nitrogen functional groups attached to an aromatic ring is 1. The van der Waals surface area contributed by atoms with Crippen molar-refractivity contribution in [3.05, 3.63) is 23.8 Å². The van der Waals surface area contributed by atoms with E-state index in [9.17, 15) is 4.79 Å². The molecule has 0 aliphatic carbocycles. The predicted octanol–water partition coefficient (Wildman–Crippen LogP) is 0.815.